The maximum absolute atomic E-state index is 12.3. The maximum atomic E-state index is 12.3. The summed E-state index contributed by atoms with van der Waals surface area (Å²) in [5.74, 6) is 0.0280. The van der Waals surface area contributed by atoms with Crippen LogP contribution < -0.4 is 5.32 Å². The molecule has 1 aromatic carbocycles. The van der Waals surface area contributed by atoms with Gasteiger partial charge in [0, 0.05) is 6.04 Å². The third-order valence-electron chi connectivity index (χ3n) is 3.77. The molecule has 3 rings (SSSR count). The van der Waals surface area contributed by atoms with E-state index in [1.165, 1.54) is 5.56 Å². The maximum Gasteiger partial charge on any atom is 0.254 e. The van der Waals surface area contributed by atoms with E-state index in [2.05, 4.69) is 29.5 Å². The van der Waals surface area contributed by atoms with E-state index in [9.17, 15) is 4.79 Å². The lowest BCUT2D eigenvalue weighted by Crippen LogP contribution is -2.26. The molecule has 4 nitrogen and oxygen atoms in total. The first-order valence-corrected chi connectivity index (χ1v) is 7.67. The van der Waals surface area contributed by atoms with Crippen LogP contribution in [-0.2, 0) is 13.0 Å². The molecule has 1 amide bonds. The Hall–Kier alpha value is -2.10. The number of benzene rings is 1. The molecule has 0 saturated heterocycles. The smallest absolute Gasteiger partial charge is 0.254 e. The van der Waals surface area contributed by atoms with Gasteiger partial charge in [0.1, 0.15) is 0 Å². The van der Waals surface area contributed by atoms with Crippen LogP contribution in [0.4, 0.5) is 0 Å². The van der Waals surface area contributed by atoms with Gasteiger partial charge in [0.25, 0.3) is 5.91 Å². The summed E-state index contributed by atoms with van der Waals surface area (Å²) in [5, 5.41) is 7.49. The molecule has 1 aromatic heterocycles. The van der Waals surface area contributed by atoms with Crippen LogP contribution in [0, 0.1) is 0 Å². The molecule has 4 heteroatoms. The van der Waals surface area contributed by atoms with Gasteiger partial charge in [-0.25, -0.2) is 0 Å². The molecule has 0 spiro atoms. The molecule has 1 fully saturated rings. The van der Waals surface area contributed by atoms with Crippen LogP contribution in [0.5, 0.6) is 0 Å². The molecule has 110 valence electrons. The third-order valence-corrected chi connectivity index (χ3v) is 3.77. The van der Waals surface area contributed by atoms with Crippen molar-refractivity contribution in [3.63, 3.8) is 0 Å². The van der Waals surface area contributed by atoms with E-state index in [1.807, 2.05) is 22.9 Å². The molecule has 1 N–H and O–H groups in total. The normalized spacial score (nSPS) is 14.1. The summed E-state index contributed by atoms with van der Waals surface area (Å²) in [6.45, 7) is 2.84. The van der Waals surface area contributed by atoms with Gasteiger partial charge in [0.05, 0.1) is 24.0 Å². The fraction of sp³-hybridized carbons (Fsp3) is 0.412. The topological polar surface area (TPSA) is 46.9 Å². The van der Waals surface area contributed by atoms with Crippen molar-refractivity contribution in [1.82, 2.24) is 15.1 Å². The van der Waals surface area contributed by atoms with E-state index in [-0.39, 0.29) is 5.91 Å². The molecule has 1 heterocycles. The lowest BCUT2D eigenvalue weighted by atomic mass is 10.1. The number of carbonyl (C=O) groups is 1. The summed E-state index contributed by atoms with van der Waals surface area (Å²) in [6, 6.07) is 10.6. The van der Waals surface area contributed by atoms with Crippen molar-refractivity contribution in [1.29, 1.82) is 0 Å². The molecule has 0 atom stereocenters. The molecule has 2 aromatic rings. The Balaban J connectivity index is 1.82. The predicted octanol–water partition coefficient (Wildman–Crippen LogP) is 2.78. The van der Waals surface area contributed by atoms with Crippen molar-refractivity contribution in [3.05, 3.63) is 53.3 Å². The van der Waals surface area contributed by atoms with Gasteiger partial charge in [-0.15, -0.1) is 0 Å². The monoisotopic (exact) mass is 283 g/mol. The van der Waals surface area contributed by atoms with Gasteiger partial charge in [-0.2, -0.15) is 5.10 Å². The minimum atomic E-state index is 0.0280. The molecule has 0 bridgehead atoms. The highest BCUT2D eigenvalue weighted by molar-refractivity contribution is 5.95. The highest BCUT2D eigenvalue weighted by Gasteiger charge is 2.26. The minimum Gasteiger partial charge on any atom is -0.349 e. The minimum absolute atomic E-state index is 0.0280. The van der Waals surface area contributed by atoms with E-state index < -0.39 is 0 Å². The Morgan fingerprint density at radius 1 is 1.33 bits per heavy atom. The first-order chi connectivity index (χ1) is 10.3. The summed E-state index contributed by atoms with van der Waals surface area (Å²) < 4.78 is 1.96. The van der Waals surface area contributed by atoms with Crippen molar-refractivity contribution in [2.24, 2.45) is 0 Å². The summed E-state index contributed by atoms with van der Waals surface area (Å²) >= 11 is 0. The highest BCUT2D eigenvalue weighted by Crippen LogP contribution is 2.20. The Bertz CT molecular complexity index is 614. The summed E-state index contributed by atoms with van der Waals surface area (Å²) in [7, 11) is 0. The van der Waals surface area contributed by atoms with Gasteiger partial charge in [0.15, 0.2) is 0 Å². The van der Waals surface area contributed by atoms with Gasteiger partial charge >= 0.3 is 0 Å². The molecule has 1 aliphatic carbocycles. The van der Waals surface area contributed by atoms with E-state index in [1.54, 1.807) is 6.20 Å². The fourth-order valence-corrected chi connectivity index (χ4v) is 2.48. The third kappa shape index (κ3) is 3.32. The molecule has 1 aliphatic rings. The van der Waals surface area contributed by atoms with Gasteiger partial charge in [-0.3, -0.25) is 9.48 Å². The molecule has 0 aliphatic heterocycles. The van der Waals surface area contributed by atoms with Crippen molar-refractivity contribution in [2.75, 3.05) is 0 Å². The number of hydrogen-bond donors (Lipinski definition) is 1. The van der Waals surface area contributed by atoms with Gasteiger partial charge in [-0.05, 0) is 24.8 Å². The quantitative estimate of drug-likeness (QED) is 0.886. The van der Waals surface area contributed by atoms with Crippen LogP contribution in [0.15, 0.2) is 36.5 Å². The second-order valence-corrected chi connectivity index (χ2v) is 5.65. The van der Waals surface area contributed by atoms with Gasteiger partial charge < -0.3 is 5.32 Å². The number of aromatic nitrogens is 2. The molecule has 1 saturated carbocycles. The molecule has 21 heavy (non-hydrogen) atoms. The van der Waals surface area contributed by atoms with E-state index in [0.717, 1.165) is 36.9 Å². The average Bonchev–Trinajstić information content (AvgIpc) is 3.22. The molecular weight excluding hydrogens is 262 g/mol. The number of rotatable bonds is 6. The number of amides is 1. The first-order valence-electron chi connectivity index (χ1n) is 7.67. The number of hydrogen-bond acceptors (Lipinski definition) is 2. The highest BCUT2D eigenvalue weighted by atomic mass is 16.1. The van der Waals surface area contributed by atoms with Crippen molar-refractivity contribution >= 4 is 5.91 Å². The van der Waals surface area contributed by atoms with E-state index >= 15 is 0 Å². The van der Waals surface area contributed by atoms with Crippen molar-refractivity contribution in [3.8, 4) is 0 Å². The van der Waals surface area contributed by atoms with Gasteiger partial charge in [0.2, 0.25) is 0 Å². The van der Waals surface area contributed by atoms with Crippen LogP contribution in [0.3, 0.4) is 0 Å². The zero-order valence-electron chi connectivity index (χ0n) is 12.4. The second kappa shape index (κ2) is 6.12. The second-order valence-electron chi connectivity index (χ2n) is 5.65. The van der Waals surface area contributed by atoms with Crippen LogP contribution >= 0.6 is 0 Å². The van der Waals surface area contributed by atoms with Crippen LogP contribution in [0.25, 0.3) is 0 Å². The van der Waals surface area contributed by atoms with Crippen molar-refractivity contribution in [2.45, 2.75) is 45.2 Å². The Labute approximate surface area is 125 Å². The number of nitrogens with zero attached hydrogens (tertiary/aromatic N) is 2. The number of nitrogens with one attached hydrogen (secondary N) is 1. The summed E-state index contributed by atoms with van der Waals surface area (Å²) in [5.41, 5.74) is 2.98. The lowest BCUT2D eigenvalue weighted by molar-refractivity contribution is 0.0950. The Morgan fingerprint density at radius 2 is 2.10 bits per heavy atom. The van der Waals surface area contributed by atoms with Crippen LogP contribution in [0.1, 0.15) is 47.8 Å². The Kier molecular flexibility index (Phi) is 4.04. The van der Waals surface area contributed by atoms with Crippen LogP contribution in [0.2, 0.25) is 0 Å². The summed E-state index contributed by atoms with van der Waals surface area (Å²) in [4.78, 5) is 12.3. The van der Waals surface area contributed by atoms with E-state index in [0.29, 0.717) is 12.6 Å². The summed E-state index contributed by atoms with van der Waals surface area (Å²) in [6.07, 6.45) is 5.80. The molecular formula is C17H21N3O. The first kappa shape index (κ1) is 13.9. The Morgan fingerprint density at radius 3 is 2.76 bits per heavy atom. The fourth-order valence-electron chi connectivity index (χ4n) is 2.48. The standard InChI is InChI=1S/C17H21N3O/c1-2-6-16-15(17(21)19-14-9-10-14)11-18-20(16)12-13-7-4-3-5-8-13/h3-5,7-8,11,14H,2,6,9-10,12H2,1H3,(H,19,21). The van der Waals surface area contributed by atoms with E-state index in [4.69, 9.17) is 0 Å². The molecule has 0 unspecified atom stereocenters. The SMILES string of the molecule is CCCc1c(C(=O)NC2CC2)cnn1Cc1ccccc1. The van der Waals surface area contributed by atoms with Crippen LogP contribution in [-0.4, -0.2) is 21.7 Å². The number of carbonyl (C=O) groups excluding carboxylic acids is 1. The van der Waals surface area contributed by atoms with Gasteiger partial charge in [-0.1, -0.05) is 43.7 Å². The molecule has 0 radical (unpaired) electrons. The largest absolute Gasteiger partial charge is 0.349 e. The lowest BCUT2D eigenvalue weighted by Gasteiger charge is -2.09. The predicted molar refractivity (Wildman–Crippen MR) is 82.3 cm³/mol. The van der Waals surface area contributed by atoms with Crippen molar-refractivity contribution < 1.29 is 4.79 Å². The zero-order valence-corrected chi connectivity index (χ0v) is 12.4. The average molecular weight is 283 g/mol. The zero-order chi connectivity index (χ0) is 14.7.